The van der Waals surface area contributed by atoms with Crippen molar-refractivity contribution in [3.8, 4) is 0 Å². The summed E-state index contributed by atoms with van der Waals surface area (Å²) in [6.45, 7) is 3.74. The van der Waals surface area contributed by atoms with Gasteiger partial charge in [0.2, 0.25) is 0 Å². The Labute approximate surface area is 258 Å². The molecule has 0 aliphatic rings. The van der Waals surface area contributed by atoms with E-state index in [1.165, 1.54) is 18.0 Å². The maximum absolute atomic E-state index is 13.9. The molecule has 2 heterocycles. The van der Waals surface area contributed by atoms with Gasteiger partial charge >= 0.3 is 18.5 Å². The highest BCUT2D eigenvalue weighted by atomic mass is 19.4. The SMILES string of the molecule is CCC(c1ccc(C(F)(F)F)cc1CN(Cc1cc(C(F)(F)F)cc(C(F)(F)F)c1)c1nnn(C)n1)N(CC)Cc1ccncc1. The summed E-state index contributed by atoms with van der Waals surface area (Å²) >= 11 is 0. The topological polar surface area (TPSA) is 63.0 Å². The number of pyridine rings is 1. The Hall–Kier alpha value is -4.21. The van der Waals surface area contributed by atoms with E-state index in [2.05, 4.69) is 25.3 Å². The molecule has 0 fully saturated rings. The Morgan fingerprint density at radius 3 is 1.83 bits per heavy atom. The van der Waals surface area contributed by atoms with Gasteiger partial charge in [-0.25, -0.2) is 0 Å². The number of hydrogen-bond donors (Lipinski definition) is 0. The van der Waals surface area contributed by atoms with Gasteiger partial charge < -0.3 is 4.90 Å². The molecule has 0 N–H and O–H groups in total. The number of halogens is 9. The van der Waals surface area contributed by atoms with Gasteiger partial charge in [0.1, 0.15) is 0 Å². The summed E-state index contributed by atoms with van der Waals surface area (Å²) in [5.74, 6) is -0.200. The van der Waals surface area contributed by atoms with E-state index in [1.54, 1.807) is 12.4 Å². The molecule has 4 rings (SSSR count). The molecule has 0 saturated carbocycles. The number of hydrogen-bond acceptors (Lipinski definition) is 6. The summed E-state index contributed by atoms with van der Waals surface area (Å²) in [7, 11) is 1.39. The van der Waals surface area contributed by atoms with Crippen LogP contribution < -0.4 is 4.90 Å². The molecule has 248 valence electrons. The maximum Gasteiger partial charge on any atom is 0.416 e. The van der Waals surface area contributed by atoms with Gasteiger partial charge in [0.15, 0.2) is 0 Å². The number of alkyl halides is 9. The van der Waals surface area contributed by atoms with Crippen LogP contribution >= 0.6 is 0 Å². The highest BCUT2D eigenvalue weighted by Gasteiger charge is 2.37. The summed E-state index contributed by atoms with van der Waals surface area (Å²) in [5.41, 5.74) is -2.86. The van der Waals surface area contributed by atoms with Crippen molar-refractivity contribution in [2.75, 3.05) is 11.4 Å². The van der Waals surface area contributed by atoms with Gasteiger partial charge in [-0.05, 0) is 82.9 Å². The molecule has 7 nitrogen and oxygen atoms in total. The van der Waals surface area contributed by atoms with E-state index in [0.29, 0.717) is 37.2 Å². The molecule has 16 heteroatoms. The van der Waals surface area contributed by atoms with Gasteiger partial charge in [0.05, 0.1) is 23.7 Å². The molecule has 1 unspecified atom stereocenters. The molecule has 0 amide bonds. The Bertz CT molecular complexity index is 1570. The van der Waals surface area contributed by atoms with Crippen molar-refractivity contribution in [1.29, 1.82) is 0 Å². The van der Waals surface area contributed by atoms with Crippen LogP contribution in [0.4, 0.5) is 45.5 Å². The van der Waals surface area contributed by atoms with Crippen LogP contribution in [0.5, 0.6) is 0 Å². The van der Waals surface area contributed by atoms with E-state index in [1.807, 2.05) is 26.0 Å². The zero-order valence-electron chi connectivity index (χ0n) is 24.9. The summed E-state index contributed by atoms with van der Waals surface area (Å²) in [6.07, 6.45) is -11.2. The molecule has 0 aliphatic heterocycles. The molecular weight excluding hydrogens is 629 g/mol. The summed E-state index contributed by atoms with van der Waals surface area (Å²) in [4.78, 5) is 8.28. The van der Waals surface area contributed by atoms with Gasteiger partial charge in [0.25, 0.3) is 5.95 Å². The highest BCUT2D eigenvalue weighted by molar-refractivity contribution is 5.42. The van der Waals surface area contributed by atoms with E-state index in [4.69, 9.17) is 0 Å². The van der Waals surface area contributed by atoms with Gasteiger partial charge in [0, 0.05) is 38.1 Å². The van der Waals surface area contributed by atoms with Crippen LogP contribution in [0, 0.1) is 0 Å². The Balaban J connectivity index is 1.82. The van der Waals surface area contributed by atoms with Crippen molar-refractivity contribution in [3.05, 3.63) is 99.9 Å². The summed E-state index contributed by atoms with van der Waals surface area (Å²) in [6, 6.07) is 7.61. The first-order valence-corrected chi connectivity index (χ1v) is 14.1. The zero-order valence-corrected chi connectivity index (χ0v) is 24.9. The number of tetrazole rings is 1. The van der Waals surface area contributed by atoms with Gasteiger partial charge in [-0.3, -0.25) is 9.88 Å². The first kappa shape index (κ1) is 34.7. The van der Waals surface area contributed by atoms with E-state index in [-0.39, 0.29) is 24.1 Å². The van der Waals surface area contributed by atoms with E-state index in [9.17, 15) is 39.5 Å². The quantitative estimate of drug-likeness (QED) is 0.153. The lowest BCUT2D eigenvalue weighted by molar-refractivity contribution is -0.143. The Morgan fingerprint density at radius 2 is 1.33 bits per heavy atom. The number of benzene rings is 2. The average Bonchev–Trinajstić information content (AvgIpc) is 3.42. The molecule has 2 aromatic carbocycles. The Kier molecular flexibility index (Phi) is 10.3. The van der Waals surface area contributed by atoms with Crippen molar-refractivity contribution >= 4 is 5.95 Å². The van der Waals surface area contributed by atoms with E-state index in [0.717, 1.165) is 22.5 Å². The molecule has 46 heavy (non-hydrogen) atoms. The number of rotatable bonds is 11. The second-order valence-corrected chi connectivity index (χ2v) is 10.6. The molecule has 1 atom stereocenters. The van der Waals surface area contributed by atoms with Crippen molar-refractivity contribution in [2.45, 2.75) is 64.5 Å². The molecular formula is C30H30F9N7. The minimum atomic E-state index is -5.09. The second kappa shape index (κ2) is 13.6. The molecule has 0 spiro atoms. The Morgan fingerprint density at radius 1 is 0.717 bits per heavy atom. The fourth-order valence-electron chi connectivity index (χ4n) is 5.22. The monoisotopic (exact) mass is 659 g/mol. The minimum Gasteiger partial charge on any atom is -0.330 e. The van der Waals surface area contributed by atoms with Crippen molar-refractivity contribution in [3.63, 3.8) is 0 Å². The van der Waals surface area contributed by atoms with Crippen LogP contribution in [-0.2, 0) is 45.2 Å². The number of aryl methyl sites for hydroxylation is 1. The zero-order chi connectivity index (χ0) is 33.9. The number of aromatic nitrogens is 5. The van der Waals surface area contributed by atoms with Gasteiger partial charge in [-0.2, -0.15) is 44.3 Å². The molecule has 4 aromatic rings. The number of nitrogens with zero attached hydrogens (tertiary/aromatic N) is 7. The third kappa shape index (κ3) is 8.53. The molecule has 0 bridgehead atoms. The van der Waals surface area contributed by atoms with Crippen molar-refractivity contribution in [2.24, 2.45) is 7.05 Å². The molecule has 0 saturated heterocycles. The molecule has 0 aliphatic carbocycles. The van der Waals surface area contributed by atoms with E-state index >= 15 is 0 Å². The summed E-state index contributed by atoms with van der Waals surface area (Å²) < 4.78 is 124. The van der Waals surface area contributed by atoms with Crippen LogP contribution in [-0.4, -0.2) is 36.6 Å². The lowest BCUT2D eigenvalue weighted by Crippen LogP contribution is -2.30. The van der Waals surface area contributed by atoms with Crippen LogP contribution in [0.15, 0.2) is 60.9 Å². The average molecular weight is 660 g/mol. The molecule has 0 radical (unpaired) electrons. The predicted octanol–water partition coefficient (Wildman–Crippen LogP) is 7.84. The van der Waals surface area contributed by atoms with Crippen LogP contribution in [0.2, 0.25) is 0 Å². The first-order valence-electron chi connectivity index (χ1n) is 14.1. The lowest BCUT2D eigenvalue weighted by Gasteiger charge is -2.33. The lowest BCUT2D eigenvalue weighted by atomic mass is 9.94. The van der Waals surface area contributed by atoms with Crippen LogP contribution in [0.25, 0.3) is 0 Å². The highest BCUT2D eigenvalue weighted by Crippen LogP contribution is 2.38. The van der Waals surface area contributed by atoms with Crippen LogP contribution in [0.3, 0.4) is 0 Å². The van der Waals surface area contributed by atoms with Crippen molar-refractivity contribution < 1.29 is 39.5 Å². The van der Waals surface area contributed by atoms with Gasteiger partial charge in [-0.15, -0.1) is 5.10 Å². The molecule has 2 aromatic heterocycles. The third-order valence-electron chi connectivity index (χ3n) is 7.36. The fraction of sp³-hybridized carbons (Fsp3) is 0.400. The fourth-order valence-corrected chi connectivity index (χ4v) is 5.22. The maximum atomic E-state index is 13.9. The number of anilines is 1. The standard InChI is InChI=1S/C30H30F9N7/c1-4-26(45(5-2)16-19-8-10-40-11-9-19)25-7-6-22(28(31,32)33)14-21(25)18-46(27-41-43-44(3)42-27)17-20-12-23(29(34,35)36)15-24(13-20)30(37,38)39/h6-15,26H,4-5,16-18H2,1-3H3. The van der Waals surface area contributed by atoms with Gasteiger partial charge in [-0.1, -0.05) is 25.0 Å². The minimum absolute atomic E-state index is 0.00724. The predicted molar refractivity (Wildman–Crippen MR) is 150 cm³/mol. The normalized spacial score (nSPS) is 13.3. The van der Waals surface area contributed by atoms with Crippen LogP contribution in [0.1, 0.15) is 65.3 Å². The van der Waals surface area contributed by atoms with E-state index < -0.39 is 53.4 Å². The first-order chi connectivity index (χ1) is 21.5. The third-order valence-corrected chi connectivity index (χ3v) is 7.36. The summed E-state index contributed by atoms with van der Waals surface area (Å²) in [5, 5.41) is 11.6. The van der Waals surface area contributed by atoms with Crippen molar-refractivity contribution in [1.82, 2.24) is 30.1 Å². The smallest absolute Gasteiger partial charge is 0.330 e. The largest absolute Gasteiger partial charge is 0.416 e. The second-order valence-electron chi connectivity index (χ2n) is 10.6.